The quantitative estimate of drug-likeness (QED) is 0.656. The van der Waals surface area contributed by atoms with Gasteiger partial charge in [-0.15, -0.1) is 16.4 Å². The molecule has 29 heavy (non-hydrogen) atoms. The van der Waals surface area contributed by atoms with Crippen LogP contribution >= 0.6 is 22.9 Å². The number of hydrogen-bond donors (Lipinski definition) is 1. The highest BCUT2D eigenvalue weighted by atomic mass is 35.5. The minimum absolute atomic E-state index is 0.124. The number of carbonyl (C=O) groups excluding carboxylic acids is 1. The molecule has 3 heterocycles. The van der Waals surface area contributed by atoms with Crippen molar-refractivity contribution in [3.8, 4) is 0 Å². The molecule has 0 bridgehead atoms. The van der Waals surface area contributed by atoms with Crippen LogP contribution in [0.3, 0.4) is 0 Å². The SMILES string of the molecule is CS(=O)(=O)Nc1ccn(C(=O)N2CCN(Cc3sc4ccccc4c3Cl)CC2)n1. The number of nitrogens with one attached hydrogen (secondary N) is 1. The molecule has 0 spiro atoms. The molecular formula is C18H20ClN5O3S2. The third-order valence-corrected chi connectivity index (χ3v) is 6.97. The van der Waals surface area contributed by atoms with Gasteiger partial charge in [-0.05, 0) is 6.07 Å². The lowest BCUT2D eigenvalue weighted by Crippen LogP contribution is -2.49. The highest BCUT2D eigenvalue weighted by Gasteiger charge is 2.24. The predicted octanol–water partition coefficient (Wildman–Crippen LogP) is 2.91. The highest BCUT2D eigenvalue weighted by Crippen LogP contribution is 2.36. The van der Waals surface area contributed by atoms with E-state index in [4.69, 9.17) is 11.6 Å². The summed E-state index contributed by atoms with van der Waals surface area (Å²) in [5.41, 5.74) is 0. The Kier molecular flexibility index (Phi) is 5.52. The fourth-order valence-corrected chi connectivity index (χ4v) is 5.31. The molecule has 1 aliphatic heterocycles. The second-order valence-electron chi connectivity index (χ2n) is 6.90. The van der Waals surface area contributed by atoms with Gasteiger partial charge in [-0.3, -0.25) is 9.62 Å². The fourth-order valence-electron chi connectivity index (χ4n) is 3.29. The summed E-state index contributed by atoms with van der Waals surface area (Å²) < 4.78 is 27.2. The molecule has 1 aliphatic rings. The number of nitrogens with zero attached hydrogens (tertiary/aromatic N) is 4. The van der Waals surface area contributed by atoms with Gasteiger partial charge in [-0.25, -0.2) is 13.2 Å². The lowest BCUT2D eigenvalue weighted by Gasteiger charge is -2.34. The summed E-state index contributed by atoms with van der Waals surface area (Å²) in [6, 6.07) is 9.29. The maximum absolute atomic E-state index is 12.6. The van der Waals surface area contributed by atoms with Crippen molar-refractivity contribution in [3.63, 3.8) is 0 Å². The largest absolute Gasteiger partial charge is 0.344 e. The zero-order valence-corrected chi connectivity index (χ0v) is 18.1. The van der Waals surface area contributed by atoms with E-state index in [0.717, 1.165) is 45.9 Å². The number of hydrogen-bond acceptors (Lipinski definition) is 6. The van der Waals surface area contributed by atoms with Crippen molar-refractivity contribution in [3.05, 3.63) is 46.4 Å². The number of sulfonamides is 1. The molecule has 1 amide bonds. The van der Waals surface area contributed by atoms with Crippen LogP contribution < -0.4 is 4.72 Å². The Hall–Kier alpha value is -2.14. The number of rotatable bonds is 4. The van der Waals surface area contributed by atoms with Gasteiger partial charge in [0.2, 0.25) is 10.0 Å². The van der Waals surface area contributed by atoms with Gasteiger partial charge in [0.25, 0.3) is 0 Å². The van der Waals surface area contributed by atoms with Crippen LogP contribution in [0.1, 0.15) is 4.88 Å². The summed E-state index contributed by atoms with van der Waals surface area (Å²) in [5, 5.41) is 5.89. The van der Waals surface area contributed by atoms with E-state index in [9.17, 15) is 13.2 Å². The van der Waals surface area contributed by atoms with Crippen molar-refractivity contribution in [1.29, 1.82) is 0 Å². The van der Waals surface area contributed by atoms with Gasteiger partial charge in [0.15, 0.2) is 5.82 Å². The van der Waals surface area contributed by atoms with E-state index in [2.05, 4.69) is 20.8 Å². The van der Waals surface area contributed by atoms with Crippen LogP contribution in [0.2, 0.25) is 5.02 Å². The maximum Gasteiger partial charge on any atom is 0.344 e. The molecule has 0 radical (unpaired) electrons. The number of thiophene rings is 1. The second-order valence-corrected chi connectivity index (χ2v) is 10.2. The van der Waals surface area contributed by atoms with Crippen LogP contribution in [-0.4, -0.2) is 66.5 Å². The summed E-state index contributed by atoms with van der Waals surface area (Å²) in [4.78, 5) is 17.7. The molecule has 1 N–H and O–H groups in total. The van der Waals surface area contributed by atoms with Gasteiger partial charge in [-0.1, -0.05) is 29.8 Å². The Balaban J connectivity index is 1.36. The minimum Gasteiger partial charge on any atom is -0.320 e. The summed E-state index contributed by atoms with van der Waals surface area (Å²) in [6.45, 7) is 3.34. The number of fused-ring (bicyclic) bond motifs is 1. The van der Waals surface area contributed by atoms with Crippen LogP contribution in [0.25, 0.3) is 10.1 Å². The fraction of sp³-hybridized carbons (Fsp3) is 0.333. The topological polar surface area (TPSA) is 87.5 Å². The van der Waals surface area contributed by atoms with Crippen LogP contribution in [0.5, 0.6) is 0 Å². The standard InChI is InChI=1S/C18H20ClN5O3S2/c1-29(26,27)21-16-6-7-24(20-16)18(25)23-10-8-22(9-11-23)12-15-17(19)13-4-2-3-5-14(13)28-15/h2-7H,8-12H2,1H3,(H,20,21). The number of anilines is 1. The van der Waals surface area contributed by atoms with Crippen LogP contribution in [-0.2, 0) is 16.6 Å². The summed E-state index contributed by atoms with van der Waals surface area (Å²) in [6.07, 6.45) is 2.50. The first-order valence-corrected chi connectivity index (χ1v) is 12.1. The third kappa shape index (κ3) is 4.55. The first-order valence-electron chi connectivity index (χ1n) is 9.01. The van der Waals surface area contributed by atoms with E-state index in [1.165, 1.54) is 17.0 Å². The molecule has 4 rings (SSSR count). The molecule has 11 heteroatoms. The van der Waals surface area contributed by atoms with E-state index < -0.39 is 10.0 Å². The van der Waals surface area contributed by atoms with Gasteiger partial charge >= 0.3 is 6.03 Å². The zero-order valence-electron chi connectivity index (χ0n) is 15.7. The molecule has 0 saturated carbocycles. The molecule has 154 valence electrons. The monoisotopic (exact) mass is 453 g/mol. The van der Waals surface area contributed by atoms with Gasteiger partial charge in [0.05, 0.1) is 11.3 Å². The molecule has 0 atom stereocenters. The van der Waals surface area contributed by atoms with Crippen molar-refractivity contribution < 1.29 is 13.2 Å². The smallest absolute Gasteiger partial charge is 0.320 e. The van der Waals surface area contributed by atoms with Crippen LogP contribution in [0.15, 0.2) is 36.5 Å². The van der Waals surface area contributed by atoms with E-state index in [1.54, 1.807) is 16.2 Å². The molecule has 1 fully saturated rings. The first-order chi connectivity index (χ1) is 13.8. The Morgan fingerprint density at radius 2 is 1.93 bits per heavy atom. The molecule has 8 nitrogen and oxygen atoms in total. The van der Waals surface area contributed by atoms with E-state index in [-0.39, 0.29) is 11.8 Å². The normalized spacial score (nSPS) is 15.7. The van der Waals surface area contributed by atoms with Gasteiger partial charge in [0.1, 0.15) is 0 Å². The van der Waals surface area contributed by atoms with Crippen molar-refractivity contribution in [2.45, 2.75) is 6.54 Å². The Bertz CT molecular complexity index is 1150. The van der Waals surface area contributed by atoms with E-state index in [0.29, 0.717) is 13.1 Å². The van der Waals surface area contributed by atoms with Crippen molar-refractivity contribution in [2.75, 3.05) is 37.2 Å². The van der Waals surface area contributed by atoms with Crippen molar-refractivity contribution in [2.24, 2.45) is 0 Å². The summed E-state index contributed by atoms with van der Waals surface area (Å²) in [5.74, 6) is 0.124. The Morgan fingerprint density at radius 1 is 1.21 bits per heavy atom. The molecule has 0 aliphatic carbocycles. The molecular weight excluding hydrogens is 434 g/mol. The third-order valence-electron chi connectivity index (χ3n) is 4.69. The van der Waals surface area contributed by atoms with Gasteiger partial charge in [-0.2, -0.15) is 4.68 Å². The average molecular weight is 454 g/mol. The molecule has 2 aromatic heterocycles. The number of aromatic nitrogens is 2. The van der Waals surface area contributed by atoms with Crippen molar-refractivity contribution in [1.82, 2.24) is 19.6 Å². The van der Waals surface area contributed by atoms with Gasteiger partial charge < -0.3 is 4.90 Å². The van der Waals surface area contributed by atoms with Crippen molar-refractivity contribution >= 4 is 54.9 Å². The average Bonchev–Trinajstić information content (AvgIpc) is 3.26. The van der Waals surface area contributed by atoms with E-state index >= 15 is 0 Å². The van der Waals surface area contributed by atoms with Gasteiger partial charge in [0, 0.05) is 60.0 Å². The van der Waals surface area contributed by atoms with E-state index in [1.807, 2.05) is 18.2 Å². The van der Waals surface area contributed by atoms with Crippen LogP contribution in [0, 0.1) is 0 Å². The number of benzene rings is 1. The van der Waals surface area contributed by atoms with Crippen LogP contribution in [0.4, 0.5) is 10.6 Å². The molecule has 1 aromatic carbocycles. The number of amides is 1. The second kappa shape index (κ2) is 7.94. The molecule has 1 saturated heterocycles. The summed E-state index contributed by atoms with van der Waals surface area (Å²) in [7, 11) is -3.43. The lowest BCUT2D eigenvalue weighted by molar-refractivity contribution is 0.135. The molecule has 0 unspecified atom stereocenters. The highest BCUT2D eigenvalue weighted by molar-refractivity contribution is 7.92. The Morgan fingerprint density at radius 3 is 2.62 bits per heavy atom. The minimum atomic E-state index is -3.43. The number of piperazine rings is 1. The Labute approximate surface area is 177 Å². The first kappa shape index (κ1) is 20.1. The summed E-state index contributed by atoms with van der Waals surface area (Å²) >= 11 is 8.25. The maximum atomic E-state index is 12.6. The zero-order chi connectivity index (χ0) is 20.6. The predicted molar refractivity (Wildman–Crippen MR) is 115 cm³/mol. The molecule has 3 aromatic rings. The lowest BCUT2D eigenvalue weighted by atomic mass is 10.2. The number of carbonyl (C=O) groups is 1. The number of halogens is 1.